The summed E-state index contributed by atoms with van der Waals surface area (Å²) in [4.78, 5) is 4.30. The Morgan fingerprint density at radius 1 is 1.26 bits per heavy atom. The molecule has 2 aromatic heterocycles. The highest BCUT2D eigenvalue weighted by Gasteiger charge is 2.26. The highest BCUT2D eigenvalue weighted by atomic mass is 35.5. The Hall–Kier alpha value is -1.06. The van der Waals surface area contributed by atoms with Crippen LogP contribution in [0, 0.1) is 0 Å². The van der Waals surface area contributed by atoms with Gasteiger partial charge in [-0.15, -0.1) is 11.6 Å². The predicted molar refractivity (Wildman–Crippen MR) is 77.1 cm³/mol. The number of halogens is 2. The van der Waals surface area contributed by atoms with E-state index in [2.05, 4.69) is 10.1 Å². The van der Waals surface area contributed by atoms with Crippen molar-refractivity contribution in [3.63, 3.8) is 0 Å². The van der Waals surface area contributed by atoms with Crippen LogP contribution >= 0.6 is 23.2 Å². The lowest BCUT2D eigenvalue weighted by atomic mass is 10.0. The third kappa shape index (κ3) is 2.37. The zero-order chi connectivity index (χ0) is 13.2. The van der Waals surface area contributed by atoms with Crippen LogP contribution in [0.25, 0.3) is 5.82 Å². The molecule has 0 N–H and O–H groups in total. The summed E-state index contributed by atoms with van der Waals surface area (Å²) in [5, 5.41) is 5.26. The van der Waals surface area contributed by atoms with Gasteiger partial charge in [0.1, 0.15) is 5.15 Å². The molecule has 0 amide bonds. The number of pyridine rings is 1. The lowest BCUT2D eigenvalue weighted by Gasteiger charge is -2.06. The molecule has 3 nitrogen and oxygen atoms in total. The molecular formula is C14H15Cl2N3. The fourth-order valence-electron chi connectivity index (χ4n) is 2.73. The first-order valence-electron chi connectivity index (χ1n) is 6.56. The largest absolute Gasteiger partial charge is 0.237 e. The molecule has 0 aromatic carbocycles. The molecule has 1 aliphatic carbocycles. The maximum absolute atomic E-state index is 6.42. The van der Waals surface area contributed by atoms with Gasteiger partial charge in [-0.3, -0.25) is 0 Å². The van der Waals surface area contributed by atoms with Gasteiger partial charge in [0.2, 0.25) is 0 Å². The molecule has 0 saturated heterocycles. The quantitative estimate of drug-likeness (QED) is 0.790. The van der Waals surface area contributed by atoms with Gasteiger partial charge in [0, 0.05) is 17.7 Å². The van der Waals surface area contributed by atoms with Gasteiger partial charge >= 0.3 is 0 Å². The van der Waals surface area contributed by atoms with Crippen molar-refractivity contribution in [2.45, 2.75) is 37.5 Å². The van der Waals surface area contributed by atoms with E-state index in [9.17, 15) is 0 Å². The first-order chi connectivity index (χ1) is 9.31. The second-order valence-corrected chi connectivity index (χ2v) is 5.49. The van der Waals surface area contributed by atoms with Crippen molar-refractivity contribution in [1.29, 1.82) is 0 Å². The second-order valence-electron chi connectivity index (χ2n) is 4.87. The fraction of sp³-hybridized carbons (Fsp3) is 0.429. The van der Waals surface area contributed by atoms with Gasteiger partial charge in [0.15, 0.2) is 5.82 Å². The highest BCUT2D eigenvalue weighted by Crippen LogP contribution is 2.38. The van der Waals surface area contributed by atoms with Crippen molar-refractivity contribution in [2.24, 2.45) is 0 Å². The van der Waals surface area contributed by atoms with Gasteiger partial charge in [-0.1, -0.05) is 30.5 Å². The van der Waals surface area contributed by atoms with Gasteiger partial charge < -0.3 is 0 Å². The summed E-state index contributed by atoms with van der Waals surface area (Å²) < 4.78 is 1.70. The fourth-order valence-corrected chi connectivity index (χ4v) is 3.35. The molecule has 100 valence electrons. The molecule has 5 heteroatoms. The molecule has 0 radical (unpaired) electrons. The molecule has 0 spiro atoms. The average Bonchev–Trinajstić information content (AvgIpc) is 3.07. The Labute approximate surface area is 122 Å². The van der Waals surface area contributed by atoms with E-state index < -0.39 is 0 Å². The third-order valence-corrected chi connectivity index (χ3v) is 4.35. The van der Waals surface area contributed by atoms with Crippen molar-refractivity contribution >= 4 is 23.2 Å². The van der Waals surface area contributed by atoms with E-state index in [0.29, 0.717) is 17.0 Å². The Balaban J connectivity index is 2.07. The zero-order valence-electron chi connectivity index (χ0n) is 10.5. The van der Waals surface area contributed by atoms with Gasteiger partial charge in [-0.2, -0.15) is 5.10 Å². The van der Waals surface area contributed by atoms with E-state index in [1.807, 2.05) is 18.2 Å². The minimum absolute atomic E-state index is 0.400. The monoisotopic (exact) mass is 295 g/mol. The molecule has 0 aliphatic heterocycles. The normalized spacial score (nSPS) is 16.1. The average molecular weight is 296 g/mol. The number of nitrogens with zero attached hydrogens (tertiary/aromatic N) is 3. The Kier molecular flexibility index (Phi) is 3.76. The number of alkyl halides is 1. The maximum Gasteiger partial charge on any atom is 0.155 e. The van der Waals surface area contributed by atoms with Crippen LogP contribution in [0.15, 0.2) is 24.4 Å². The van der Waals surface area contributed by atoms with E-state index in [0.717, 1.165) is 17.1 Å². The van der Waals surface area contributed by atoms with Gasteiger partial charge in [-0.05, 0) is 25.0 Å². The third-order valence-electron chi connectivity index (χ3n) is 3.69. The first-order valence-corrected chi connectivity index (χ1v) is 7.47. The molecule has 2 aromatic rings. The van der Waals surface area contributed by atoms with Crippen LogP contribution in [0.3, 0.4) is 0 Å². The number of hydrogen-bond donors (Lipinski definition) is 0. The molecule has 0 atom stereocenters. The molecule has 19 heavy (non-hydrogen) atoms. The van der Waals surface area contributed by atoms with Crippen molar-refractivity contribution in [3.05, 3.63) is 40.8 Å². The van der Waals surface area contributed by atoms with E-state index >= 15 is 0 Å². The lowest BCUT2D eigenvalue weighted by Crippen LogP contribution is -2.01. The summed E-state index contributed by atoms with van der Waals surface area (Å²) in [5.74, 6) is 1.64. The topological polar surface area (TPSA) is 30.7 Å². The molecule has 1 fully saturated rings. The molecule has 0 unspecified atom stereocenters. The SMILES string of the molecule is ClCc1c(C2CCCC2)nn(-c2ccccn2)c1Cl. The second kappa shape index (κ2) is 5.51. The smallest absolute Gasteiger partial charge is 0.155 e. The van der Waals surface area contributed by atoms with Crippen molar-refractivity contribution in [3.8, 4) is 5.82 Å². The van der Waals surface area contributed by atoms with Crippen LogP contribution < -0.4 is 0 Å². The minimum Gasteiger partial charge on any atom is -0.237 e. The summed E-state index contributed by atoms with van der Waals surface area (Å²) in [5.41, 5.74) is 2.02. The predicted octanol–water partition coefficient (Wildman–Crippen LogP) is 4.32. The Morgan fingerprint density at radius 2 is 2.05 bits per heavy atom. The van der Waals surface area contributed by atoms with Crippen LogP contribution in [0.2, 0.25) is 5.15 Å². The molecule has 1 aliphatic rings. The van der Waals surface area contributed by atoms with E-state index in [1.165, 1.54) is 25.7 Å². The molecule has 1 saturated carbocycles. The summed E-state index contributed by atoms with van der Waals surface area (Å²) in [6.07, 6.45) is 6.63. The zero-order valence-corrected chi connectivity index (χ0v) is 12.0. The first kappa shape index (κ1) is 12.9. The number of aromatic nitrogens is 3. The van der Waals surface area contributed by atoms with Crippen LogP contribution in [0.5, 0.6) is 0 Å². The standard InChI is InChI=1S/C14H15Cl2N3/c15-9-11-13(10-5-1-2-6-10)18-19(14(11)16)12-7-3-4-8-17-12/h3-4,7-8,10H,1-2,5-6,9H2. The summed E-state index contributed by atoms with van der Waals surface area (Å²) in [7, 11) is 0. The van der Waals surface area contributed by atoms with Crippen molar-refractivity contribution < 1.29 is 0 Å². The highest BCUT2D eigenvalue weighted by molar-refractivity contribution is 6.31. The van der Waals surface area contributed by atoms with E-state index in [1.54, 1.807) is 10.9 Å². The number of rotatable bonds is 3. The van der Waals surface area contributed by atoms with Crippen molar-refractivity contribution in [2.75, 3.05) is 0 Å². The van der Waals surface area contributed by atoms with Gasteiger partial charge in [0.05, 0.1) is 11.6 Å². The molecule has 3 rings (SSSR count). The lowest BCUT2D eigenvalue weighted by molar-refractivity contribution is 0.672. The van der Waals surface area contributed by atoms with Gasteiger partial charge in [0.25, 0.3) is 0 Å². The molecular weight excluding hydrogens is 281 g/mol. The Morgan fingerprint density at radius 3 is 2.68 bits per heavy atom. The Bertz CT molecular complexity index is 560. The summed E-state index contributed by atoms with van der Waals surface area (Å²) in [6, 6.07) is 5.70. The minimum atomic E-state index is 0.400. The van der Waals surface area contributed by atoms with Crippen LogP contribution in [-0.4, -0.2) is 14.8 Å². The molecule has 0 bridgehead atoms. The summed E-state index contributed by atoms with van der Waals surface area (Å²) >= 11 is 12.5. The maximum atomic E-state index is 6.42. The van der Waals surface area contributed by atoms with E-state index in [4.69, 9.17) is 23.2 Å². The van der Waals surface area contributed by atoms with Crippen molar-refractivity contribution in [1.82, 2.24) is 14.8 Å². The van der Waals surface area contributed by atoms with Gasteiger partial charge in [-0.25, -0.2) is 9.67 Å². The van der Waals surface area contributed by atoms with Crippen LogP contribution in [0.4, 0.5) is 0 Å². The van der Waals surface area contributed by atoms with Crippen LogP contribution in [-0.2, 0) is 5.88 Å². The van der Waals surface area contributed by atoms with E-state index in [-0.39, 0.29) is 0 Å². The van der Waals surface area contributed by atoms with Crippen LogP contribution in [0.1, 0.15) is 42.9 Å². The molecule has 2 heterocycles. The summed E-state index contributed by atoms with van der Waals surface area (Å²) in [6.45, 7) is 0. The number of hydrogen-bond acceptors (Lipinski definition) is 2.